The number of rotatable bonds is 5. The normalized spacial score (nSPS) is 14.8. The Labute approximate surface area is 112 Å². The summed E-state index contributed by atoms with van der Waals surface area (Å²) in [6, 6.07) is 5.88. The molecule has 19 heavy (non-hydrogen) atoms. The van der Waals surface area contributed by atoms with Gasteiger partial charge < -0.3 is 15.3 Å². The van der Waals surface area contributed by atoms with Crippen molar-refractivity contribution in [3.63, 3.8) is 0 Å². The Hall–Kier alpha value is -1.62. The number of anilines is 1. The summed E-state index contributed by atoms with van der Waals surface area (Å²) in [5, 5.41) is 11.6. The van der Waals surface area contributed by atoms with Crippen molar-refractivity contribution in [3.8, 4) is 0 Å². The molecule has 0 aromatic heterocycles. The highest BCUT2D eigenvalue weighted by atomic mass is 19.1. The van der Waals surface area contributed by atoms with Crippen molar-refractivity contribution in [3.05, 3.63) is 30.1 Å². The molecule has 0 radical (unpaired) electrons. The number of benzene rings is 1. The number of aliphatic hydroxyl groups is 1. The monoisotopic (exact) mass is 266 g/mol. The summed E-state index contributed by atoms with van der Waals surface area (Å²) in [5.74, 6) is -0.372. The highest BCUT2D eigenvalue weighted by molar-refractivity contribution is 5.89. The largest absolute Gasteiger partial charge is 0.396 e. The van der Waals surface area contributed by atoms with E-state index in [1.54, 1.807) is 17.0 Å². The predicted molar refractivity (Wildman–Crippen MR) is 71.5 cm³/mol. The number of aliphatic hydroxyl groups excluding tert-OH is 1. The van der Waals surface area contributed by atoms with Gasteiger partial charge in [0.25, 0.3) is 0 Å². The highest BCUT2D eigenvalue weighted by Gasteiger charge is 2.28. The molecule has 1 aliphatic rings. The number of urea groups is 1. The predicted octanol–water partition coefficient (Wildman–Crippen LogP) is 2.59. The van der Waals surface area contributed by atoms with Crippen LogP contribution in [0.4, 0.5) is 14.9 Å². The molecule has 1 saturated carbocycles. The van der Waals surface area contributed by atoms with E-state index in [-0.39, 0.29) is 24.5 Å². The fourth-order valence-corrected chi connectivity index (χ4v) is 2.15. The first-order chi connectivity index (χ1) is 9.20. The Morgan fingerprint density at radius 3 is 2.84 bits per heavy atom. The van der Waals surface area contributed by atoms with Gasteiger partial charge in [0.05, 0.1) is 0 Å². The van der Waals surface area contributed by atoms with E-state index < -0.39 is 0 Å². The third kappa shape index (κ3) is 3.67. The maximum atomic E-state index is 13.1. The van der Waals surface area contributed by atoms with Crippen molar-refractivity contribution in [2.45, 2.75) is 31.7 Å². The number of carbonyl (C=O) groups is 1. The number of amides is 2. The van der Waals surface area contributed by atoms with Crippen LogP contribution < -0.4 is 5.32 Å². The van der Waals surface area contributed by atoms with Crippen molar-refractivity contribution < 1.29 is 14.3 Å². The average molecular weight is 266 g/mol. The fourth-order valence-electron chi connectivity index (χ4n) is 2.15. The maximum Gasteiger partial charge on any atom is 0.322 e. The molecule has 1 aromatic rings. The van der Waals surface area contributed by atoms with Crippen LogP contribution in [0.25, 0.3) is 0 Å². The molecule has 5 heteroatoms. The molecule has 2 N–H and O–H groups in total. The van der Waals surface area contributed by atoms with Gasteiger partial charge in [0, 0.05) is 24.9 Å². The molecule has 1 fully saturated rings. The first kappa shape index (κ1) is 13.8. The van der Waals surface area contributed by atoms with Gasteiger partial charge in [-0.25, -0.2) is 9.18 Å². The van der Waals surface area contributed by atoms with Crippen LogP contribution in [0.2, 0.25) is 0 Å². The Kier molecular flexibility index (Phi) is 4.74. The topological polar surface area (TPSA) is 52.6 Å². The summed E-state index contributed by atoms with van der Waals surface area (Å²) in [6.07, 6.45) is 3.70. The molecule has 0 spiro atoms. The van der Waals surface area contributed by atoms with Crippen molar-refractivity contribution in [2.24, 2.45) is 0 Å². The minimum atomic E-state index is -0.372. The molecule has 0 saturated heterocycles. The smallest absolute Gasteiger partial charge is 0.322 e. The second-order valence-electron chi connectivity index (χ2n) is 4.80. The fraction of sp³-hybridized carbons (Fsp3) is 0.500. The summed E-state index contributed by atoms with van der Waals surface area (Å²) in [7, 11) is 0. The van der Waals surface area contributed by atoms with E-state index >= 15 is 0 Å². The molecule has 1 aromatic carbocycles. The molecule has 104 valence electrons. The zero-order valence-electron chi connectivity index (χ0n) is 10.8. The zero-order valence-corrected chi connectivity index (χ0v) is 10.8. The summed E-state index contributed by atoms with van der Waals surface area (Å²) in [6.45, 7) is 0.596. The lowest BCUT2D eigenvalue weighted by Crippen LogP contribution is -2.47. The Morgan fingerprint density at radius 1 is 1.47 bits per heavy atom. The second-order valence-corrected chi connectivity index (χ2v) is 4.80. The van der Waals surface area contributed by atoms with E-state index in [2.05, 4.69) is 5.32 Å². The molecule has 0 atom stereocenters. The first-order valence-electron chi connectivity index (χ1n) is 6.65. The van der Waals surface area contributed by atoms with Crippen LogP contribution in [0.1, 0.15) is 25.7 Å². The highest BCUT2D eigenvalue weighted by Crippen LogP contribution is 2.25. The summed E-state index contributed by atoms with van der Waals surface area (Å²) >= 11 is 0. The van der Waals surface area contributed by atoms with Gasteiger partial charge in [-0.1, -0.05) is 6.07 Å². The molecule has 0 bridgehead atoms. The average Bonchev–Trinajstić information content (AvgIpc) is 2.31. The van der Waals surface area contributed by atoms with Crippen LogP contribution in [-0.4, -0.2) is 35.2 Å². The van der Waals surface area contributed by atoms with Crippen LogP contribution >= 0.6 is 0 Å². The molecule has 4 nitrogen and oxygen atoms in total. The van der Waals surface area contributed by atoms with E-state index in [4.69, 9.17) is 5.11 Å². The van der Waals surface area contributed by atoms with Gasteiger partial charge in [0.15, 0.2) is 0 Å². The number of nitrogens with one attached hydrogen (secondary N) is 1. The molecular formula is C14H19FN2O2. The van der Waals surface area contributed by atoms with E-state index in [1.165, 1.54) is 12.1 Å². The van der Waals surface area contributed by atoms with Crippen molar-refractivity contribution in [2.75, 3.05) is 18.5 Å². The second kappa shape index (κ2) is 6.52. The van der Waals surface area contributed by atoms with Gasteiger partial charge in [0.1, 0.15) is 5.82 Å². The standard InChI is InChI=1S/C14H19FN2O2/c15-11-4-1-5-12(10-11)16-14(19)17(8-3-9-18)13-6-2-7-13/h1,4-5,10,13,18H,2-3,6-9H2,(H,16,19). The van der Waals surface area contributed by atoms with Gasteiger partial charge in [0.2, 0.25) is 0 Å². The quantitative estimate of drug-likeness (QED) is 0.860. The van der Waals surface area contributed by atoms with Crippen molar-refractivity contribution in [1.29, 1.82) is 0 Å². The van der Waals surface area contributed by atoms with E-state index in [1.807, 2.05) is 0 Å². The molecular weight excluding hydrogens is 247 g/mol. The number of hydrogen-bond acceptors (Lipinski definition) is 2. The summed E-state index contributed by atoms with van der Waals surface area (Å²) in [5.41, 5.74) is 0.457. The van der Waals surface area contributed by atoms with Gasteiger partial charge in [-0.3, -0.25) is 0 Å². The molecule has 0 heterocycles. The van der Waals surface area contributed by atoms with Crippen molar-refractivity contribution in [1.82, 2.24) is 4.90 Å². The van der Waals surface area contributed by atoms with E-state index in [0.29, 0.717) is 18.7 Å². The van der Waals surface area contributed by atoms with Gasteiger partial charge in [-0.15, -0.1) is 0 Å². The molecule has 2 rings (SSSR count). The van der Waals surface area contributed by atoms with Crippen LogP contribution in [-0.2, 0) is 0 Å². The van der Waals surface area contributed by atoms with Gasteiger partial charge in [-0.2, -0.15) is 0 Å². The molecule has 1 aliphatic carbocycles. The van der Waals surface area contributed by atoms with Crippen LogP contribution in [0, 0.1) is 5.82 Å². The molecule has 0 unspecified atom stereocenters. The lowest BCUT2D eigenvalue weighted by Gasteiger charge is -2.37. The van der Waals surface area contributed by atoms with Gasteiger partial charge >= 0.3 is 6.03 Å². The minimum absolute atomic E-state index is 0.0659. The van der Waals surface area contributed by atoms with Crippen molar-refractivity contribution >= 4 is 11.7 Å². The number of carbonyl (C=O) groups excluding carboxylic acids is 1. The Balaban J connectivity index is 1.98. The zero-order chi connectivity index (χ0) is 13.7. The van der Waals surface area contributed by atoms with Crippen LogP contribution in [0.15, 0.2) is 24.3 Å². The van der Waals surface area contributed by atoms with E-state index in [9.17, 15) is 9.18 Å². The Morgan fingerprint density at radius 2 is 2.26 bits per heavy atom. The lowest BCUT2D eigenvalue weighted by molar-refractivity contribution is 0.140. The first-order valence-corrected chi connectivity index (χ1v) is 6.65. The number of halogens is 1. The summed E-state index contributed by atoms with van der Waals surface area (Å²) < 4.78 is 13.1. The van der Waals surface area contributed by atoms with E-state index in [0.717, 1.165) is 19.3 Å². The maximum absolute atomic E-state index is 13.1. The summed E-state index contributed by atoms with van der Waals surface area (Å²) in [4.78, 5) is 13.9. The minimum Gasteiger partial charge on any atom is -0.396 e. The van der Waals surface area contributed by atoms with Crippen LogP contribution in [0.3, 0.4) is 0 Å². The third-order valence-electron chi connectivity index (χ3n) is 3.41. The van der Waals surface area contributed by atoms with Crippen LogP contribution in [0.5, 0.6) is 0 Å². The lowest BCUT2D eigenvalue weighted by atomic mass is 9.91. The SMILES string of the molecule is O=C(Nc1cccc(F)c1)N(CCCO)C1CCC1. The van der Waals surface area contributed by atoms with Gasteiger partial charge in [-0.05, 0) is 43.9 Å². The third-order valence-corrected chi connectivity index (χ3v) is 3.41. The molecule has 2 amide bonds. The number of hydrogen-bond donors (Lipinski definition) is 2. The molecule has 0 aliphatic heterocycles. The Bertz CT molecular complexity index is 435. The number of nitrogens with zero attached hydrogens (tertiary/aromatic N) is 1.